The Morgan fingerprint density at radius 3 is 2.50 bits per heavy atom. The van der Waals surface area contributed by atoms with E-state index in [1.54, 1.807) is 0 Å². The maximum atomic E-state index is 12.7. The van der Waals surface area contributed by atoms with Crippen LogP contribution in [0.5, 0.6) is 5.75 Å². The van der Waals surface area contributed by atoms with Crippen LogP contribution in [0, 0.1) is 17.8 Å². The molecule has 1 saturated carbocycles. The molecular weight excluding hydrogens is 324 g/mol. The molecule has 1 aromatic rings. The van der Waals surface area contributed by atoms with Gasteiger partial charge in [-0.25, -0.2) is 0 Å². The molecule has 2 aliphatic rings. The van der Waals surface area contributed by atoms with Gasteiger partial charge in [0.25, 0.3) is 0 Å². The van der Waals surface area contributed by atoms with Crippen LogP contribution in [0.1, 0.15) is 32.1 Å². The van der Waals surface area contributed by atoms with Gasteiger partial charge in [0, 0.05) is 19.0 Å². The first-order chi connectivity index (χ1) is 11.3. The first-order valence-corrected chi connectivity index (χ1v) is 8.94. The highest BCUT2D eigenvalue weighted by molar-refractivity contribution is 5.85. The summed E-state index contributed by atoms with van der Waals surface area (Å²) >= 11 is 0. The summed E-state index contributed by atoms with van der Waals surface area (Å²) in [7, 11) is 0. The highest BCUT2D eigenvalue weighted by atomic mass is 35.5. The SMILES string of the molecule is Cl.NC[C@H]1CCC[C@H]1C(=O)N1CCC(COc2ccccc2)CC1. The molecule has 1 heterocycles. The molecule has 2 fully saturated rings. The second-order valence-corrected chi connectivity index (χ2v) is 6.93. The molecule has 0 spiro atoms. The Morgan fingerprint density at radius 2 is 1.83 bits per heavy atom. The maximum Gasteiger partial charge on any atom is 0.226 e. The van der Waals surface area contributed by atoms with Gasteiger partial charge in [-0.2, -0.15) is 0 Å². The van der Waals surface area contributed by atoms with Crippen molar-refractivity contribution in [1.29, 1.82) is 0 Å². The average molecular weight is 353 g/mol. The van der Waals surface area contributed by atoms with E-state index < -0.39 is 0 Å². The van der Waals surface area contributed by atoms with Crippen molar-refractivity contribution in [3.05, 3.63) is 30.3 Å². The van der Waals surface area contributed by atoms with E-state index in [2.05, 4.69) is 4.90 Å². The van der Waals surface area contributed by atoms with E-state index in [-0.39, 0.29) is 18.3 Å². The smallest absolute Gasteiger partial charge is 0.226 e. The van der Waals surface area contributed by atoms with E-state index in [1.807, 2.05) is 30.3 Å². The molecule has 0 bridgehead atoms. The molecule has 1 aliphatic heterocycles. The number of likely N-dealkylation sites (tertiary alicyclic amines) is 1. The van der Waals surface area contributed by atoms with Crippen LogP contribution in [0.15, 0.2) is 30.3 Å². The number of nitrogens with two attached hydrogens (primary N) is 1. The molecule has 3 rings (SSSR count). The van der Waals surface area contributed by atoms with Gasteiger partial charge in [0.05, 0.1) is 6.61 Å². The van der Waals surface area contributed by atoms with Crippen molar-refractivity contribution in [2.45, 2.75) is 32.1 Å². The first-order valence-electron chi connectivity index (χ1n) is 8.94. The van der Waals surface area contributed by atoms with Gasteiger partial charge in [-0.15, -0.1) is 12.4 Å². The molecular formula is C19H29ClN2O2. The zero-order chi connectivity index (χ0) is 16.1. The first kappa shape index (κ1) is 19.1. The number of benzene rings is 1. The minimum atomic E-state index is 0. The van der Waals surface area contributed by atoms with Crippen LogP contribution < -0.4 is 10.5 Å². The fraction of sp³-hybridized carbons (Fsp3) is 0.632. The molecule has 1 aromatic carbocycles. The van der Waals surface area contributed by atoms with E-state index in [1.165, 1.54) is 0 Å². The monoisotopic (exact) mass is 352 g/mol. The number of ether oxygens (including phenoxy) is 1. The molecule has 1 saturated heterocycles. The third-order valence-electron chi connectivity index (χ3n) is 5.43. The van der Waals surface area contributed by atoms with Crippen LogP contribution in [-0.4, -0.2) is 37.0 Å². The fourth-order valence-electron chi connectivity index (χ4n) is 3.93. The van der Waals surface area contributed by atoms with Gasteiger partial charge < -0.3 is 15.4 Å². The Bertz CT molecular complexity index is 503. The molecule has 2 atom stereocenters. The molecule has 1 amide bonds. The van der Waals surface area contributed by atoms with Crippen molar-refractivity contribution in [2.75, 3.05) is 26.2 Å². The molecule has 2 N–H and O–H groups in total. The molecule has 24 heavy (non-hydrogen) atoms. The third kappa shape index (κ3) is 4.64. The zero-order valence-corrected chi connectivity index (χ0v) is 15.0. The number of piperidine rings is 1. The van der Waals surface area contributed by atoms with Gasteiger partial charge >= 0.3 is 0 Å². The van der Waals surface area contributed by atoms with Crippen molar-refractivity contribution in [3.8, 4) is 5.75 Å². The summed E-state index contributed by atoms with van der Waals surface area (Å²) in [6, 6.07) is 9.96. The standard InChI is InChI=1S/C19H28N2O2.ClH/c20-13-16-5-4-8-18(16)19(22)21-11-9-15(10-12-21)14-23-17-6-2-1-3-7-17;/h1-3,6-7,15-16,18H,4-5,8-14,20H2;1H/t16-,18-;/m1./s1. The van der Waals surface area contributed by atoms with Crippen LogP contribution in [0.2, 0.25) is 0 Å². The van der Waals surface area contributed by atoms with E-state index in [4.69, 9.17) is 10.5 Å². The summed E-state index contributed by atoms with van der Waals surface area (Å²) in [6.45, 7) is 3.14. The topological polar surface area (TPSA) is 55.6 Å². The van der Waals surface area contributed by atoms with Crippen molar-refractivity contribution in [2.24, 2.45) is 23.5 Å². The minimum Gasteiger partial charge on any atom is -0.493 e. The molecule has 4 nitrogen and oxygen atoms in total. The molecule has 134 valence electrons. The Balaban J connectivity index is 0.00000208. The summed E-state index contributed by atoms with van der Waals surface area (Å²) in [6.07, 6.45) is 5.38. The number of nitrogens with zero attached hydrogens (tertiary/aromatic N) is 1. The van der Waals surface area contributed by atoms with Crippen molar-refractivity contribution in [3.63, 3.8) is 0 Å². The predicted molar refractivity (Wildman–Crippen MR) is 98.4 cm³/mol. The van der Waals surface area contributed by atoms with Crippen LogP contribution in [0.4, 0.5) is 0 Å². The van der Waals surface area contributed by atoms with Crippen LogP contribution >= 0.6 is 12.4 Å². The number of para-hydroxylation sites is 1. The lowest BCUT2D eigenvalue weighted by atomic mass is 9.92. The van der Waals surface area contributed by atoms with Gasteiger partial charge in [0.1, 0.15) is 5.75 Å². The maximum absolute atomic E-state index is 12.7. The lowest BCUT2D eigenvalue weighted by Gasteiger charge is -2.34. The number of rotatable bonds is 5. The number of hydrogen-bond acceptors (Lipinski definition) is 3. The highest BCUT2D eigenvalue weighted by Crippen LogP contribution is 2.33. The number of carbonyl (C=O) groups is 1. The van der Waals surface area contributed by atoms with Gasteiger partial charge in [-0.1, -0.05) is 24.6 Å². The minimum absolute atomic E-state index is 0. The predicted octanol–water partition coefficient (Wildman–Crippen LogP) is 3.10. The normalized spacial score (nSPS) is 24.5. The molecule has 0 radical (unpaired) electrons. The number of amides is 1. The lowest BCUT2D eigenvalue weighted by Crippen LogP contribution is -2.44. The van der Waals surface area contributed by atoms with Crippen molar-refractivity contribution < 1.29 is 9.53 Å². The van der Waals surface area contributed by atoms with Crippen molar-refractivity contribution >= 4 is 18.3 Å². The quantitative estimate of drug-likeness (QED) is 0.885. The zero-order valence-electron chi connectivity index (χ0n) is 14.2. The largest absolute Gasteiger partial charge is 0.493 e. The fourth-order valence-corrected chi connectivity index (χ4v) is 3.93. The summed E-state index contributed by atoms with van der Waals surface area (Å²) in [5.74, 6) is 2.41. The number of halogens is 1. The van der Waals surface area contributed by atoms with E-state index in [0.717, 1.165) is 57.6 Å². The molecule has 5 heteroatoms. The van der Waals surface area contributed by atoms with E-state index in [0.29, 0.717) is 24.3 Å². The summed E-state index contributed by atoms with van der Waals surface area (Å²) in [5, 5.41) is 0. The van der Waals surface area contributed by atoms with Gasteiger partial charge in [-0.3, -0.25) is 4.79 Å². The summed E-state index contributed by atoms with van der Waals surface area (Å²) in [5.41, 5.74) is 5.82. The Labute approximate surface area is 151 Å². The molecule has 0 unspecified atom stereocenters. The van der Waals surface area contributed by atoms with Crippen LogP contribution in [0.3, 0.4) is 0 Å². The second-order valence-electron chi connectivity index (χ2n) is 6.93. The third-order valence-corrected chi connectivity index (χ3v) is 5.43. The summed E-state index contributed by atoms with van der Waals surface area (Å²) < 4.78 is 5.86. The van der Waals surface area contributed by atoms with Crippen LogP contribution in [0.25, 0.3) is 0 Å². The van der Waals surface area contributed by atoms with Gasteiger partial charge in [0.2, 0.25) is 5.91 Å². The van der Waals surface area contributed by atoms with E-state index in [9.17, 15) is 4.79 Å². The second kappa shape index (κ2) is 9.28. The Hall–Kier alpha value is -1.26. The number of hydrogen-bond donors (Lipinski definition) is 1. The molecule has 1 aliphatic carbocycles. The Morgan fingerprint density at radius 1 is 1.12 bits per heavy atom. The van der Waals surface area contributed by atoms with Gasteiger partial charge in [0.15, 0.2) is 0 Å². The summed E-state index contributed by atoms with van der Waals surface area (Å²) in [4.78, 5) is 14.8. The van der Waals surface area contributed by atoms with Crippen LogP contribution in [-0.2, 0) is 4.79 Å². The van der Waals surface area contributed by atoms with E-state index >= 15 is 0 Å². The lowest BCUT2D eigenvalue weighted by molar-refractivity contribution is -0.138. The average Bonchev–Trinajstić information content (AvgIpc) is 3.09. The van der Waals surface area contributed by atoms with Gasteiger partial charge in [-0.05, 0) is 56.2 Å². The van der Waals surface area contributed by atoms with Crippen molar-refractivity contribution in [1.82, 2.24) is 4.90 Å². The Kier molecular flexibility index (Phi) is 7.38. The highest BCUT2D eigenvalue weighted by Gasteiger charge is 2.35. The number of carbonyl (C=O) groups excluding carboxylic acids is 1. The molecule has 0 aromatic heterocycles.